The van der Waals surface area contributed by atoms with Crippen LogP contribution in [0.3, 0.4) is 0 Å². The third-order valence-electron chi connectivity index (χ3n) is 4.42. The van der Waals surface area contributed by atoms with Crippen LogP contribution in [0.2, 0.25) is 0 Å². The lowest BCUT2D eigenvalue weighted by molar-refractivity contribution is -0.141. The third-order valence-corrected chi connectivity index (χ3v) is 4.42. The van der Waals surface area contributed by atoms with Crippen molar-refractivity contribution in [1.29, 1.82) is 0 Å². The Balaban J connectivity index is 1.75. The Labute approximate surface area is 140 Å². The SMILES string of the molecule is Cc1ccc2c(CN3CCN(C(=O)C(C)O)CC3)cc(=O)oc2c1. The lowest BCUT2D eigenvalue weighted by atomic mass is 10.1. The molecule has 6 heteroatoms. The second-order valence-electron chi connectivity index (χ2n) is 6.37. The highest BCUT2D eigenvalue weighted by Gasteiger charge is 2.24. The van der Waals surface area contributed by atoms with Gasteiger partial charge in [-0.25, -0.2) is 4.79 Å². The summed E-state index contributed by atoms with van der Waals surface area (Å²) in [5.41, 5.74) is 2.26. The monoisotopic (exact) mass is 330 g/mol. The number of hydrogen-bond donors (Lipinski definition) is 1. The van der Waals surface area contributed by atoms with Gasteiger partial charge >= 0.3 is 5.63 Å². The molecule has 0 bridgehead atoms. The topological polar surface area (TPSA) is 74.0 Å². The number of fused-ring (bicyclic) bond motifs is 1. The molecule has 3 rings (SSSR count). The van der Waals surface area contributed by atoms with E-state index in [4.69, 9.17) is 4.42 Å². The van der Waals surface area contributed by atoms with Crippen LogP contribution in [0.1, 0.15) is 18.1 Å². The molecule has 1 aliphatic heterocycles. The molecule has 1 amide bonds. The molecule has 1 aliphatic rings. The van der Waals surface area contributed by atoms with Gasteiger partial charge in [0.25, 0.3) is 5.91 Å². The van der Waals surface area contributed by atoms with Crippen LogP contribution in [0.5, 0.6) is 0 Å². The molecule has 24 heavy (non-hydrogen) atoms. The summed E-state index contributed by atoms with van der Waals surface area (Å²) in [6.45, 7) is 6.70. The van der Waals surface area contributed by atoms with Crippen molar-refractivity contribution in [2.75, 3.05) is 26.2 Å². The lowest BCUT2D eigenvalue weighted by Gasteiger charge is -2.35. The van der Waals surface area contributed by atoms with Crippen molar-refractivity contribution in [3.8, 4) is 0 Å². The normalized spacial score (nSPS) is 17.2. The number of aryl methyl sites for hydroxylation is 1. The van der Waals surface area contributed by atoms with Crippen LogP contribution in [-0.2, 0) is 11.3 Å². The fourth-order valence-corrected chi connectivity index (χ4v) is 3.10. The minimum atomic E-state index is -0.956. The van der Waals surface area contributed by atoms with Gasteiger partial charge in [0.1, 0.15) is 11.7 Å². The molecule has 1 aromatic carbocycles. The number of carbonyl (C=O) groups is 1. The summed E-state index contributed by atoms with van der Waals surface area (Å²) in [5, 5.41) is 10.3. The van der Waals surface area contributed by atoms with E-state index in [9.17, 15) is 14.7 Å². The van der Waals surface area contributed by atoms with Crippen LogP contribution in [-0.4, -0.2) is 53.1 Å². The Kier molecular flexibility index (Phi) is 4.69. The second kappa shape index (κ2) is 6.75. The maximum atomic E-state index is 11.8. The van der Waals surface area contributed by atoms with Crippen molar-refractivity contribution in [1.82, 2.24) is 9.80 Å². The number of aliphatic hydroxyl groups is 1. The Morgan fingerprint density at radius 3 is 2.62 bits per heavy atom. The zero-order chi connectivity index (χ0) is 17.3. The van der Waals surface area contributed by atoms with Gasteiger partial charge in [0.2, 0.25) is 0 Å². The van der Waals surface area contributed by atoms with Crippen molar-refractivity contribution >= 4 is 16.9 Å². The molecule has 2 aromatic rings. The Hall–Kier alpha value is -2.18. The minimum absolute atomic E-state index is 0.226. The first-order valence-corrected chi connectivity index (χ1v) is 8.16. The van der Waals surface area contributed by atoms with Gasteiger partial charge in [-0.1, -0.05) is 12.1 Å². The predicted octanol–water partition coefficient (Wildman–Crippen LogP) is 1.13. The van der Waals surface area contributed by atoms with Gasteiger partial charge in [0, 0.05) is 44.2 Å². The van der Waals surface area contributed by atoms with E-state index < -0.39 is 6.10 Å². The standard InChI is InChI=1S/C18H22N2O4/c1-12-3-4-15-14(10-17(22)24-16(15)9-12)11-19-5-7-20(8-6-19)18(23)13(2)21/h3-4,9-10,13,21H,5-8,11H2,1-2H3. The van der Waals surface area contributed by atoms with E-state index in [1.165, 1.54) is 6.92 Å². The molecule has 1 aromatic heterocycles. The fourth-order valence-electron chi connectivity index (χ4n) is 3.10. The largest absolute Gasteiger partial charge is 0.423 e. The molecule has 1 fully saturated rings. The van der Waals surface area contributed by atoms with Gasteiger partial charge in [-0.05, 0) is 31.0 Å². The van der Waals surface area contributed by atoms with E-state index in [1.807, 2.05) is 25.1 Å². The molecule has 1 atom stereocenters. The smallest absolute Gasteiger partial charge is 0.336 e. The molecular formula is C18H22N2O4. The molecule has 1 unspecified atom stereocenters. The number of aliphatic hydroxyl groups excluding tert-OH is 1. The Morgan fingerprint density at radius 2 is 1.96 bits per heavy atom. The summed E-state index contributed by atoms with van der Waals surface area (Å²) in [6.07, 6.45) is -0.956. The number of amides is 1. The summed E-state index contributed by atoms with van der Waals surface area (Å²) in [7, 11) is 0. The Bertz CT molecular complexity index is 804. The highest BCUT2D eigenvalue weighted by molar-refractivity contribution is 5.81. The second-order valence-corrected chi connectivity index (χ2v) is 6.37. The van der Waals surface area contributed by atoms with Crippen molar-refractivity contribution in [3.05, 3.63) is 45.8 Å². The number of carbonyl (C=O) groups excluding carboxylic acids is 1. The van der Waals surface area contributed by atoms with E-state index in [0.717, 1.165) is 16.5 Å². The van der Waals surface area contributed by atoms with Gasteiger partial charge in [-0.2, -0.15) is 0 Å². The number of piperazine rings is 1. The van der Waals surface area contributed by atoms with E-state index in [-0.39, 0.29) is 11.5 Å². The molecule has 0 spiro atoms. The first-order valence-electron chi connectivity index (χ1n) is 8.16. The molecule has 6 nitrogen and oxygen atoms in total. The van der Waals surface area contributed by atoms with Crippen LogP contribution in [0.15, 0.2) is 33.5 Å². The number of rotatable bonds is 3. The van der Waals surface area contributed by atoms with Crippen molar-refractivity contribution in [2.45, 2.75) is 26.5 Å². The molecule has 1 N–H and O–H groups in total. The molecule has 0 saturated carbocycles. The summed E-state index contributed by atoms with van der Waals surface area (Å²) in [5.74, 6) is -0.226. The van der Waals surface area contributed by atoms with E-state index in [2.05, 4.69) is 4.90 Å². The Morgan fingerprint density at radius 1 is 1.25 bits per heavy atom. The van der Waals surface area contributed by atoms with E-state index in [0.29, 0.717) is 38.3 Å². The van der Waals surface area contributed by atoms with Crippen molar-refractivity contribution < 1.29 is 14.3 Å². The van der Waals surface area contributed by atoms with Crippen LogP contribution in [0, 0.1) is 6.92 Å². The van der Waals surface area contributed by atoms with Gasteiger partial charge < -0.3 is 14.4 Å². The summed E-state index contributed by atoms with van der Waals surface area (Å²) < 4.78 is 5.29. The quantitative estimate of drug-likeness (QED) is 0.854. The summed E-state index contributed by atoms with van der Waals surface area (Å²) in [6, 6.07) is 7.41. The van der Waals surface area contributed by atoms with E-state index in [1.54, 1.807) is 11.0 Å². The summed E-state index contributed by atoms with van der Waals surface area (Å²) in [4.78, 5) is 27.5. The zero-order valence-electron chi connectivity index (χ0n) is 14.0. The van der Waals surface area contributed by atoms with Crippen LogP contribution < -0.4 is 5.63 Å². The van der Waals surface area contributed by atoms with Crippen molar-refractivity contribution in [2.24, 2.45) is 0 Å². The maximum Gasteiger partial charge on any atom is 0.336 e. The minimum Gasteiger partial charge on any atom is -0.423 e. The molecular weight excluding hydrogens is 308 g/mol. The molecule has 128 valence electrons. The maximum absolute atomic E-state index is 11.8. The van der Waals surface area contributed by atoms with Gasteiger partial charge in [-0.3, -0.25) is 9.69 Å². The lowest BCUT2D eigenvalue weighted by Crippen LogP contribution is -2.50. The average molecular weight is 330 g/mol. The van der Waals surface area contributed by atoms with Crippen LogP contribution in [0.4, 0.5) is 0 Å². The number of hydrogen-bond acceptors (Lipinski definition) is 5. The van der Waals surface area contributed by atoms with Crippen LogP contribution in [0.25, 0.3) is 11.0 Å². The number of benzene rings is 1. The molecule has 0 radical (unpaired) electrons. The van der Waals surface area contributed by atoms with E-state index >= 15 is 0 Å². The summed E-state index contributed by atoms with van der Waals surface area (Å²) >= 11 is 0. The fraction of sp³-hybridized carbons (Fsp3) is 0.444. The highest BCUT2D eigenvalue weighted by Crippen LogP contribution is 2.20. The molecule has 0 aliphatic carbocycles. The molecule has 1 saturated heterocycles. The third kappa shape index (κ3) is 3.49. The first-order chi connectivity index (χ1) is 11.4. The highest BCUT2D eigenvalue weighted by atomic mass is 16.4. The van der Waals surface area contributed by atoms with Crippen molar-refractivity contribution in [3.63, 3.8) is 0 Å². The van der Waals surface area contributed by atoms with Gasteiger partial charge in [0.05, 0.1) is 0 Å². The first kappa shape index (κ1) is 16.7. The average Bonchev–Trinajstić information content (AvgIpc) is 2.54. The zero-order valence-corrected chi connectivity index (χ0v) is 14.0. The number of nitrogens with zero attached hydrogens (tertiary/aromatic N) is 2. The van der Waals surface area contributed by atoms with Crippen LogP contribution >= 0.6 is 0 Å². The van der Waals surface area contributed by atoms with Gasteiger partial charge in [-0.15, -0.1) is 0 Å². The molecule has 2 heterocycles. The predicted molar refractivity (Wildman–Crippen MR) is 90.8 cm³/mol. The van der Waals surface area contributed by atoms with Gasteiger partial charge in [0.15, 0.2) is 0 Å².